The Morgan fingerprint density at radius 1 is 1.04 bits per heavy atom. The molecule has 2 rings (SSSR count). The fraction of sp³-hybridized carbons (Fsp3) is 0.571. The van der Waals surface area contributed by atoms with Crippen LogP contribution in [-0.2, 0) is 6.42 Å². The van der Waals surface area contributed by atoms with Crippen LogP contribution in [0.4, 0.5) is 5.69 Å². The molecule has 1 atom stereocenters. The first kappa shape index (κ1) is 19.5. The van der Waals surface area contributed by atoms with Crippen LogP contribution in [0.1, 0.15) is 51.0 Å². The topological polar surface area (TPSA) is 30.9 Å². The van der Waals surface area contributed by atoms with Crippen molar-refractivity contribution in [2.24, 2.45) is 4.99 Å². The van der Waals surface area contributed by atoms with Crippen molar-refractivity contribution >= 4 is 12.0 Å². The summed E-state index contributed by atoms with van der Waals surface area (Å²) in [6.07, 6.45) is 13.5. The van der Waals surface area contributed by atoms with Crippen LogP contribution >= 0.6 is 0 Å². The molecular weight excluding hydrogens is 308 g/mol. The fourth-order valence-electron chi connectivity index (χ4n) is 3.12. The molecule has 0 bridgehead atoms. The molecule has 0 saturated heterocycles. The second-order valence-corrected chi connectivity index (χ2v) is 7.18. The number of rotatable bonds is 10. The molecule has 1 aromatic rings. The van der Waals surface area contributed by atoms with E-state index in [1.54, 1.807) is 0 Å². The zero-order chi connectivity index (χ0) is 18.1. The molecule has 4 heteroatoms. The van der Waals surface area contributed by atoms with Gasteiger partial charge in [0.05, 0.1) is 6.34 Å². The van der Waals surface area contributed by atoms with E-state index in [2.05, 4.69) is 71.5 Å². The average Bonchev–Trinajstić information content (AvgIpc) is 2.61. The largest absolute Gasteiger partial charge is 0.346 e. The molecule has 1 aliphatic rings. The summed E-state index contributed by atoms with van der Waals surface area (Å²) in [5, 5.41) is 3.41. The van der Waals surface area contributed by atoms with Crippen molar-refractivity contribution in [1.29, 1.82) is 0 Å². The number of hydrogen-bond acceptors (Lipinski definition) is 4. The molecule has 0 spiro atoms. The number of nitrogens with one attached hydrogen (secondary N) is 1. The van der Waals surface area contributed by atoms with Crippen molar-refractivity contribution in [3.05, 3.63) is 41.7 Å². The van der Waals surface area contributed by atoms with Gasteiger partial charge in [0, 0.05) is 12.7 Å². The van der Waals surface area contributed by atoms with E-state index in [1.807, 2.05) is 13.4 Å². The highest BCUT2D eigenvalue weighted by molar-refractivity contribution is 5.61. The van der Waals surface area contributed by atoms with Crippen LogP contribution in [0.2, 0.25) is 0 Å². The summed E-state index contributed by atoms with van der Waals surface area (Å²) in [4.78, 5) is 8.73. The molecule has 0 saturated carbocycles. The Hall–Kier alpha value is -1.81. The quantitative estimate of drug-likeness (QED) is 0.625. The lowest BCUT2D eigenvalue weighted by Crippen LogP contribution is -2.42. The number of aliphatic imine (C=N–C) groups is 1. The van der Waals surface area contributed by atoms with Gasteiger partial charge in [-0.05, 0) is 50.7 Å². The number of hydrogen-bond donors (Lipinski definition) is 1. The van der Waals surface area contributed by atoms with Gasteiger partial charge >= 0.3 is 0 Å². The Labute approximate surface area is 153 Å². The molecule has 4 nitrogen and oxygen atoms in total. The van der Waals surface area contributed by atoms with E-state index >= 15 is 0 Å². The molecule has 1 N–H and O–H groups in total. The Balaban J connectivity index is 1.80. The van der Waals surface area contributed by atoms with Crippen LogP contribution in [0, 0.1) is 0 Å². The highest BCUT2D eigenvalue weighted by Crippen LogP contribution is 2.17. The number of nitrogens with zero attached hydrogens (tertiary/aromatic N) is 3. The fourth-order valence-corrected chi connectivity index (χ4v) is 3.12. The first-order chi connectivity index (χ1) is 12.1. The molecule has 0 aliphatic carbocycles. The molecule has 0 fully saturated rings. The van der Waals surface area contributed by atoms with Gasteiger partial charge in [-0.25, -0.2) is 4.99 Å². The molecule has 0 radical (unpaired) electrons. The van der Waals surface area contributed by atoms with Gasteiger partial charge in [0.1, 0.15) is 12.0 Å². The van der Waals surface area contributed by atoms with Gasteiger partial charge in [-0.3, -0.25) is 4.90 Å². The highest BCUT2D eigenvalue weighted by Gasteiger charge is 2.16. The number of benzene rings is 1. The standard InChI is InChI=1S/C21H34N4/c1-5-6-7-8-9-10-11-18-12-14-19(15-13-18)23-20-16-21(24(2)3)25(4)17-22-20/h12-17,21,23H,5-11H2,1-4H3. The maximum Gasteiger partial charge on any atom is 0.131 e. The summed E-state index contributed by atoms with van der Waals surface area (Å²) in [5.74, 6) is 0.903. The zero-order valence-electron chi connectivity index (χ0n) is 16.3. The maximum absolute atomic E-state index is 4.47. The minimum absolute atomic E-state index is 0.229. The summed E-state index contributed by atoms with van der Waals surface area (Å²) in [7, 11) is 6.19. The number of anilines is 1. The normalized spacial score (nSPS) is 17.1. The Bertz CT molecular complexity index is 560. The molecular formula is C21H34N4. The van der Waals surface area contributed by atoms with E-state index in [1.165, 1.54) is 50.5 Å². The molecule has 0 amide bonds. The third-order valence-corrected chi connectivity index (χ3v) is 4.68. The van der Waals surface area contributed by atoms with E-state index < -0.39 is 0 Å². The van der Waals surface area contributed by atoms with Crippen LogP contribution in [0.3, 0.4) is 0 Å². The minimum atomic E-state index is 0.229. The number of unbranched alkanes of at least 4 members (excludes halogenated alkanes) is 5. The summed E-state index contributed by atoms with van der Waals surface area (Å²) in [6.45, 7) is 2.27. The third-order valence-electron chi connectivity index (χ3n) is 4.68. The van der Waals surface area contributed by atoms with E-state index in [-0.39, 0.29) is 6.17 Å². The Kier molecular flexibility index (Phi) is 7.99. The van der Waals surface area contributed by atoms with E-state index in [0.29, 0.717) is 0 Å². The van der Waals surface area contributed by atoms with E-state index in [0.717, 1.165) is 11.5 Å². The molecule has 1 unspecified atom stereocenters. The summed E-state index contributed by atoms with van der Waals surface area (Å²) in [5.41, 5.74) is 2.52. The van der Waals surface area contributed by atoms with Crippen LogP contribution in [0.15, 0.2) is 41.2 Å². The van der Waals surface area contributed by atoms with Gasteiger partial charge in [0.25, 0.3) is 0 Å². The van der Waals surface area contributed by atoms with E-state index in [4.69, 9.17) is 0 Å². The first-order valence-corrected chi connectivity index (χ1v) is 9.60. The lowest BCUT2D eigenvalue weighted by atomic mass is 10.0. The van der Waals surface area contributed by atoms with Gasteiger partial charge < -0.3 is 10.2 Å². The predicted molar refractivity (Wildman–Crippen MR) is 109 cm³/mol. The molecule has 1 heterocycles. The van der Waals surface area contributed by atoms with Gasteiger partial charge in [-0.1, -0.05) is 51.2 Å². The SMILES string of the molecule is CCCCCCCCc1ccc(NC2=CC(N(C)C)N(C)C=N2)cc1. The molecule has 25 heavy (non-hydrogen) atoms. The lowest BCUT2D eigenvalue weighted by Gasteiger charge is -2.32. The van der Waals surface area contributed by atoms with Gasteiger partial charge in [0.2, 0.25) is 0 Å². The van der Waals surface area contributed by atoms with Crippen LogP contribution in [0.25, 0.3) is 0 Å². The zero-order valence-corrected chi connectivity index (χ0v) is 16.3. The van der Waals surface area contributed by atoms with Crippen LogP contribution in [-0.4, -0.2) is 43.4 Å². The average molecular weight is 343 g/mol. The van der Waals surface area contributed by atoms with Crippen LogP contribution in [0.5, 0.6) is 0 Å². The minimum Gasteiger partial charge on any atom is -0.346 e. The van der Waals surface area contributed by atoms with Crippen molar-refractivity contribution in [2.45, 2.75) is 58.0 Å². The van der Waals surface area contributed by atoms with Gasteiger partial charge in [-0.15, -0.1) is 0 Å². The molecule has 138 valence electrons. The van der Waals surface area contributed by atoms with Gasteiger partial charge in [-0.2, -0.15) is 0 Å². The van der Waals surface area contributed by atoms with Crippen molar-refractivity contribution in [1.82, 2.24) is 9.80 Å². The predicted octanol–water partition coefficient (Wildman–Crippen LogP) is 4.70. The van der Waals surface area contributed by atoms with Crippen molar-refractivity contribution < 1.29 is 0 Å². The van der Waals surface area contributed by atoms with Crippen molar-refractivity contribution in [3.8, 4) is 0 Å². The Morgan fingerprint density at radius 2 is 1.72 bits per heavy atom. The van der Waals surface area contributed by atoms with Crippen LogP contribution < -0.4 is 5.32 Å². The van der Waals surface area contributed by atoms with Crippen molar-refractivity contribution in [2.75, 3.05) is 26.5 Å². The summed E-state index contributed by atoms with van der Waals surface area (Å²) >= 11 is 0. The smallest absolute Gasteiger partial charge is 0.131 e. The number of aryl methyl sites for hydroxylation is 1. The summed E-state index contributed by atoms with van der Waals surface area (Å²) in [6, 6.07) is 8.78. The summed E-state index contributed by atoms with van der Waals surface area (Å²) < 4.78 is 0. The van der Waals surface area contributed by atoms with Crippen molar-refractivity contribution in [3.63, 3.8) is 0 Å². The van der Waals surface area contributed by atoms with Gasteiger partial charge in [0.15, 0.2) is 0 Å². The second-order valence-electron chi connectivity index (χ2n) is 7.18. The molecule has 1 aliphatic heterocycles. The second kappa shape index (κ2) is 10.2. The maximum atomic E-state index is 4.47. The monoisotopic (exact) mass is 342 g/mol. The lowest BCUT2D eigenvalue weighted by molar-refractivity contribution is 0.214. The highest BCUT2D eigenvalue weighted by atomic mass is 15.3. The van der Waals surface area contributed by atoms with E-state index in [9.17, 15) is 0 Å². The molecule has 0 aromatic heterocycles. The number of likely N-dealkylation sites (N-methyl/N-ethyl adjacent to an activating group) is 2. The Morgan fingerprint density at radius 3 is 2.40 bits per heavy atom. The first-order valence-electron chi connectivity index (χ1n) is 9.60. The third kappa shape index (κ3) is 6.54. The molecule has 1 aromatic carbocycles.